The highest BCUT2D eigenvalue weighted by Crippen LogP contribution is 2.44. The molecule has 0 aliphatic heterocycles. The molecule has 0 radical (unpaired) electrons. The van der Waals surface area contributed by atoms with Crippen LogP contribution in [0, 0.1) is 11.8 Å². The Morgan fingerprint density at radius 2 is 1.59 bits per heavy atom. The largest absolute Gasteiger partial charge is 0.469 e. The van der Waals surface area contributed by atoms with E-state index in [1.165, 1.54) is 7.11 Å². The number of methoxy groups -OCH3 is 1. The van der Waals surface area contributed by atoms with Crippen LogP contribution in [-0.2, 0) is 19.1 Å². The van der Waals surface area contributed by atoms with Gasteiger partial charge in [-0.1, -0.05) is 60.7 Å². The highest BCUT2D eigenvalue weighted by Gasteiger charge is 2.52. The van der Waals surface area contributed by atoms with Crippen molar-refractivity contribution >= 4 is 17.7 Å². The zero-order valence-corrected chi connectivity index (χ0v) is 15.5. The van der Waals surface area contributed by atoms with E-state index < -0.39 is 12.0 Å². The van der Waals surface area contributed by atoms with Crippen LogP contribution >= 0.6 is 0 Å². The second-order valence-electron chi connectivity index (χ2n) is 6.44. The summed E-state index contributed by atoms with van der Waals surface area (Å²) in [7, 11) is 1.36. The topological polar surface area (TPSA) is 65.0 Å². The number of benzene rings is 2. The Kier molecular flexibility index (Phi) is 6.01. The molecule has 0 bridgehead atoms. The van der Waals surface area contributed by atoms with Gasteiger partial charge in [0.2, 0.25) is 0 Å². The van der Waals surface area contributed by atoms with Crippen molar-refractivity contribution < 1.29 is 19.1 Å². The average Bonchev–Trinajstić information content (AvgIpc) is 3.50. The minimum atomic E-state index is -0.732. The Morgan fingerprint density at radius 3 is 2.07 bits per heavy atom. The predicted molar refractivity (Wildman–Crippen MR) is 103 cm³/mol. The van der Waals surface area contributed by atoms with Gasteiger partial charge in [-0.2, -0.15) is 0 Å². The van der Waals surface area contributed by atoms with Gasteiger partial charge < -0.3 is 9.47 Å². The summed E-state index contributed by atoms with van der Waals surface area (Å²) in [6.07, 6.45) is 0.580. The molecule has 1 fully saturated rings. The lowest BCUT2D eigenvalue weighted by Crippen LogP contribution is -2.27. The molecule has 0 amide bonds. The number of hydrogen-bond acceptors (Lipinski definition) is 5. The first kappa shape index (κ1) is 18.8. The van der Waals surface area contributed by atoms with Crippen molar-refractivity contribution in [2.75, 3.05) is 13.7 Å². The van der Waals surface area contributed by atoms with Gasteiger partial charge in [0, 0.05) is 17.0 Å². The SMILES string of the molecule is CCOC(=O)[C@H](N=C(c1ccccc1)c1ccccc1)[C@H]1C[C@@H]1C(=O)OC. The number of rotatable bonds is 7. The number of carbonyl (C=O) groups excluding carboxylic acids is 2. The molecular weight excluding hydrogens is 342 g/mol. The predicted octanol–water partition coefficient (Wildman–Crippen LogP) is 3.26. The van der Waals surface area contributed by atoms with Crippen LogP contribution in [0.25, 0.3) is 0 Å². The van der Waals surface area contributed by atoms with Gasteiger partial charge in [0.1, 0.15) is 0 Å². The summed E-state index contributed by atoms with van der Waals surface area (Å²) in [5, 5.41) is 0. The Morgan fingerprint density at radius 1 is 1.04 bits per heavy atom. The van der Waals surface area contributed by atoms with E-state index in [4.69, 9.17) is 14.5 Å². The smallest absolute Gasteiger partial charge is 0.331 e. The average molecular weight is 365 g/mol. The molecule has 0 spiro atoms. The molecule has 1 aliphatic rings. The molecule has 27 heavy (non-hydrogen) atoms. The van der Waals surface area contributed by atoms with Crippen molar-refractivity contribution in [1.29, 1.82) is 0 Å². The van der Waals surface area contributed by atoms with Gasteiger partial charge in [-0.25, -0.2) is 4.79 Å². The summed E-state index contributed by atoms with van der Waals surface area (Å²) >= 11 is 0. The van der Waals surface area contributed by atoms with E-state index in [0.717, 1.165) is 11.1 Å². The summed E-state index contributed by atoms with van der Waals surface area (Å²) in [4.78, 5) is 29.3. The van der Waals surface area contributed by atoms with E-state index in [9.17, 15) is 9.59 Å². The Balaban J connectivity index is 2.01. The zero-order valence-electron chi connectivity index (χ0n) is 15.5. The number of hydrogen-bond donors (Lipinski definition) is 0. The summed E-state index contributed by atoms with van der Waals surface area (Å²) in [6, 6.07) is 18.7. The fourth-order valence-corrected chi connectivity index (χ4v) is 3.18. The third-order valence-electron chi connectivity index (χ3n) is 4.64. The lowest BCUT2D eigenvalue weighted by Gasteiger charge is -2.15. The van der Waals surface area contributed by atoms with Crippen LogP contribution in [0.2, 0.25) is 0 Å². The van der Waals surface area contributed by atoms with Gasteiger partial charge in [0.15, 0.2) is 6.04 Å². The van der Waals surface area contributed by atoms with Gasteiger partial charge in [0.05, 0.1) is 25.3 Å². The maximum Gasteiger partial charge on any atom is 0.331 e. The quantitative estimate of drug-likeness (QED) is 0.558. The van der Waals surface area contributed by atoms with Crippen molar-refractivity contribution in [3.05, 3.63) is 71.8 Å². The molecular formula is C22H23NO4. The lowest BCUT2D eigenvalue weighted by molar-refractivity contribution is -0.145. The van der Waals surface area contributed by atoms with Crippen LogP contribution in [0.4, 0.5) is 0 Å². The molecule has 0 unspecified atom stereocenters. The van der Waals surface area contributed by atoms with E-state index in [1.807, 2.05) is 60.7 Å². The van der Waals surface area contributed by atoms with Gasteiger partial charge in [-0.05, 0) is 13.3 Å². The maximum atomic E-state index is 12.6. The number of ether oxygens (including phenoxy) is 2. The summed E-state index contributed by atoms with van der Waals surface area (Å²) < 4.78 is 10.1. The van der Waals surface area contributed by atoms with E-state index in [-0.39, 0.29) is 24.4 Å². The van der Waals surface area contributed by atoms with Gasteiger partial charge in [-0.15, -0.1) is 0 Å². The molecule has 140 valence electrons. The molecule has 0 heterocycles. The fourth-order valence-electron chi connectivity index (χ4n) is 3.18. The third kappa shape index (κ3) is 4.42. The first-order valence-electron chi connectivity index (χ1n) is 9.08. The molecule has 3 atom stereocenters. The fraction of sp³-hybridized carbons (Fsp3) is 0.318. The van der Waals surface area contributed by atoms with Crippen molar-refractivity contribution in [2.24, 2.45) is 16.8 Å². The summed E-state index contributed by atoms with van der Waals surface area (Å²) in [6.45, 7) is 2.03. The standard InChI is InChI=1S/C22H23NO4/c1-3-27-22(25)20(17-14-18(17)21(24)26-2)23-19(15-10-6-4-7-11-15)16-12-8-5-9-13-16/h4-13,17-18,20H,3,14H2,1-2H3/t17-,18-,20+/m0/s1. The highest BCUT2D eigenvalue weighted by atomic mass is 16.5. The number of aliphatic imine (C=N–C) groups is 1. The minimum absolute atomic E-state index is 0.195. The second kappa shape index (κ2) is 8.62. The number of nitrogens with zero attached hydrogens (tertiary/aromatic N) is 1. The van der Waals surface area contributed by atoms with E-state index in [0.29, 0.717) is 12.1 Å². The lowest BCUT2D eigenvalue weighted by atomic mass is 10.0. The van der Waals surface area contributed by atoms with Gasteiger partial charge in [-0.3, -0.25) is 9.79 Å². The normalized spacial score (nSPS) is 18.9. The molecule has 1 aliphatic carbocycles. The van der Waals surface area contributed by atoms with Crippen LogP contribution in [0.3, 0.4) is 0 Å². The van der Waals surface area contributed by atoms with Crippen LogP contribution in [0.1, 0.15) is 24.5 Å². The van der Waals surface area contributed by atoms with E-state index in [2.05, 4.69) is 0 Å². The van der Waals surface area contributed by atoms with E-state index >= 15 is 0 Å². The van der Waals surface area contributed by atoms with Crippen molar-refractivity contribution in [1.82, 2.24) is 0 Å². The molecule has 0 N–H and O–H groups in total. The van der Waals surface area contributed by atoms with Gasteiger partial charge >= 0.3 is 11.9 Å². The van der Waals surface area contributed by atoms with Crippen LogP contribution in [0.15, 0.2) is 65.7 Å². The van der Waals surface area contributed by atoms with Crippen molar-refractivity contribution in [2.45, 2.75) is 19.4 Å². The molecule has 2 aromatic rings. The molecule has 1 saturated carbocycles. The first-order chi connectivity index (χ1) is 13.2. The van der Waals surface area contributed by atoms with Crippen molar-refractivity contribution in [3.63, 3.8) is 0 Å². The maximum absolute atomic E-state index is 12.6. The van der Waals surface area contributed by atoms with Crippen molar-refractivity contribution in [3.8, 4) is 0 Å². The Labute approximate surface area is 159 Å². The van der Waals surface area contributed by atoms with Gasteiger partial charge in [0.25, 0.3) is 0 Å². The minimum Gasteiger partial charge on any atom is -0.469 e. The Bertz CT molecular complexity index is 775. The molecule has 3 rings (SSSR count). The van der Waals surface area contributed by atoms with E-state index in [1.54, 1.807) is 6.92 Å². The number of esters is 2. The Hall–Kier alpha value is -2.95. The number of carbonyl (C=O) groups is 2. The third-order valence-corrected chi connectivity index (χ3v) is 4.64. The van der Waals surface area contributed by atoms with Crippen LogP contribution in [0.5, 0.6) is 0 Å². The summed E-state index contributed by atoms with van der Waals surface area (Å²) in [5.74, 6) is -1.20. The summed E-state index contributed by atoms with van der Waals surface area (Å²) in [5.41, 5.74) is 2.53. The monoisotopic (exact) mass is 365 g/mol. The second-order valence-corrected chi connectivity index (χ2v) is 6.44. The van der Waals surface area contributed by atoms with Crippen LogP contribution < -0.4 is 0 Å². The highest BCUT2D eigenvalue weighted by molar-refractivity contribution is 6.13. The first-order valence-corrected chi connectivity index (χ1v) is 9.08. The molecule has 5 nitrogen and oxygen atoms in total. The van der Waals surface area contributed by atoms with Crippen LogP contribution in [-0.4, -0.2) is 37.4 Å². The molecule has 0 saturated heterocycles. The molecule has 0 aromatic heterocycles. The molecule has 2 aromatic carbocycles. The molecule has 5 heteroatoms. The zero-order chi connectivity index (χ0) is 19.2.